The molecule has 12 nitrogen and oxygen atoms in total. The van der Waals surface area contributed by atoms with Crippen LogP contribution in [0.5, 0.6) is 0 Å². The Kier molecular flexibility index (Phi) is 11.3. The number of halogens is 11. The average Bonchev–Trinajstić information content (AvgIpc) is 4.15. The van der Waals surface area contributed by atoms with Gasteiger partial charge in [-0.15, -0.1) is 0 Å². The van der Waals surface area contributed by atoms with Crippen LogP contribution in [0, 0.1) is 29.4 Å². The molecule has 4 aliphatic rings. The fourth-order valence-corrected chi connectivity index (χ4v) is 12.1. The van der Waals surface area contributed by atoms with Crippen LogP contribution in [-0.2, 0) is 56.3 Å². The van der Waals surface area contributed by atoms with E-state index in [1.807, 2.05) is 0 Å². The van der Waals surface area contributed by atoms with E-state index in [0.717, 1.165) is 12.1 Å². The summed E-state index contributed by atoms with van der Waals surface area (Å²) in [6, 6.07) is 5.47. The Bertz CT molecular complexity index is 3260. The Balaban J connectivity index is 1.23. The van der Waals surface area contributed by atoms with Gasteiger partial charge in [0.25, 0.3) is 5.92 Å². The molecule has 0 radical (unpaired) electrons. The lowest BCUT2D eigenvalue weighted by Crippen LogP contribution is -2.35. The molecule has 5 aromatic rings. The van der Waals surface area contributed by atoms with Crippen LogP contribution < -0.4 is 10.0 Å². The molecule has 2 N–H and O–H groups in total. The Hall–Kier alpha value is -5.41. The Labute approximate surface area is 392 Å². The number of alkyl halides is 8. The molecule has 2 aromatic carbocycles. The molecule has 3 saturated carbocycles. The van der Waals surface area contributed by atoms with Crippen molar-refractivity contribution in [1.82, 2.24) is 29.9 Å². The molecule has 25 heteroatoms. The maximum Gasteiger partial charge on any atom is 0.435 e. The summed E-state index contributed by atoms with van der Waals surface area (Å²) >= 11 is 6.61. The number of nitrogens with zero attached hydrogens (tertiary/aromatic N) is 5. The van der Waals surface area contributed by atoms with Gasteiger partial charge in [0.2, 0.25) is 15.9 Å². The highest BCUT2D eigenvalue weighted by atomic mass is 35.5. The molecule has 0 spiro atoms. The Morgan fingerprint density at radius 2 is 1.59 bits per heavy atom. The number of sulfone groups is 1. The van der Waals surface area contributed by atoms with Crippen molar-refractivity contribution in [2.24, 2.45) is 5.92 Å². The largest absolute Gasteiger partial charge is 0.435 e. The van der Waals surface area contributed by atoms with Crippen molar-refractivity contribution in [3.63, 3.8) is 0 Å². The van der Waals surface area contributed by atoms with Crippen molar-refractivity contribution in [3.05, 3.63) is 93.0 Å². The molecule has 3 aromatic heterocycles. The first-order valence-corrected chi connectivity index (χ1v) is 24.7. The number of amides is 1. The van der Waals surface area contributed by atoms with E-state index in [0.29, 0.717) is 23.6 Å². The van der Waals surface area contributed by atoms with E-state index in [-0.39, 0.29) is 62.4 Å². The molecule has 4 aliphatic carbocycles. The van der Waals surface area contributed by atoms with Crippen LogP contribution >= 0.6 is 11.6 Å². The molecule has 0 bridgehead atoms. The third-order valence-corrected chi connectivity index (χ3v) is 18.3. The summed E-state index contributed by atoms with van der Waals surface area (Å²) < 4.78 is 200. The standard InChI is InChI=1S/C44H38ClF10N7O5S2/c1-40(2,68(64,65)25-5-6-25)11-10-24-4-7-26(27-8-9-30(45)34-36(27)62(20-42(48,49)50)59-39(34)60-69(66,67)41(3)12-13-41)35(56-24)31(16-21-14-22(46)17-23(47)15-21)57-32(63)19-61-38-33(37(58-61)44(53,54)55)28-18-29(28)43(38,51)52/h4,7-9,14-15,17,25,28-29,31H,5-6,12-13,16,18-20H2,1-3H3,(H,57,63)(H,59,60)/t28-,29?,31-/m0/s1. The van der Waals surface area contributed by atoms with Gasteiger partial charge in [0.05, 0.1) is 37.7 Å². The van der Waals surface area contributed by atoms with Gasteiger partial charge in [-0.05, 0) is 107 Å². The summed E-state index contributed by atoms with van der Waals surface area (Å²) in [4.78, 5) is 18.8. The molecule has 0 saturated heterocycles. The Morgan fingerprint density at radius 3 is 2.20 bits per heavy atom. The van der Waals surface area contributed by atoms with Crippen LogP contribution in [0.2, 0.25) is 5.02 Å². The van der Waals surface area contributed by atoms with Gasteiger partial charge in [0.15, 0.2) is 21.3 Å². The molecule has 3 heterocycles. The first-order valence-electron chi connectivity index (χ1n) is 21.3. The topological polar surface area (TPSA) is 158 Å². The molecule has 0 aliphatic heterocycles. The van der Waals surface area contributed by atoms with Crippen LogP contribution in [0.25, 0.3) is 22.0 Å². The number of aromatic nitrogens is 5. The van der Waals surface area contributed by atoms with Crippen molar-refractivity contribution in [2.45, 2.75) is 117 Å². The number of hydrogen-bond acceptors (Lipinski definition) is 8. The van der Waals surface area contributed by atoms with E-state index in [1.54, 1.807) is 0 Å². The second-order valence-corrected chi connectivity index (χ2v) is 24.0. The van der Waals surface area contributed by atoms with E-state index in [2.05, 4.69) is 37.1 Å². The number of hydrogen-bond donors (Lipinski definition) is 2. The third-order valence-electron chi connectivity index (χ3n) is 12.9. The van der Waals surface area contributed by atoms with Gasteiger partial charge < -0.3 is 5.32 Å². The van der Waals surface area contributed by atoms with Crippen molar-refractivity contribution in [3.8, 4) is 23.0 Å². The van der Waals surface area contributed by atoms with Crippen LogP contribution in [-0.4, -0.2) is 68.2 Å². The molecule has 9 rings (SSSR count). The molecule has 3 fully saturated rings. The van der Waals surface area contributed by atoms with Gasteiger partial charge in [-0.3, -0.25) is 18.9 Å². The smallest absolute Gasteiger partial charge is 0.346 e. The average molecular weight is 1030 g/mol. The van der Waals surface area contributed by atoms with Gasteiger partial charge in [-0.2, -0.15) is 45.3 Å². The Morgan fingerprint density at radius 1 is 0.942 bits per heavy atom. The highest BCUT2D eigenvalue weighted by molar-refractivity contribution is 7.94. The number of carbonyl (C=O) groups excluding carboxylic acids is 1. The van der Waals surface area contributed by atoms with Gasteiger partial charge in [-0.25, -0.2) is 30.6 Å². The quantitative estimate of drug-likeness (QED) is 0.0874. The van der Waals surface area contributed by atoms with E-state index >= 15 is 8.78 Å². The summed E-state index contributed by atoms with van der Waals surface area (Å²) in [5.41, 5.74) is -5.00. The minimum absolute atomic E-state index is 0.174. The lowest BCUT2D eigenvalue weighted by atomic mass is 9.93. The molecule has 1 unspecified atom stereocenters. The zero-order valence-electron chi connectivity index (χ0n) is 36.3. The normalized spacial score (nSPS) is 19.9. The van der Waals surface area contributed by atoms with Gasteiger partial charge >= 0.3 is 12.4 Å². The van der Waals surface area contributed by atoms with Crippen molar-refractivity contribution < 1.29 is 65.5 Å². The first-order chi connectivity index (χ1) is 31.9. The summed E-state index contributed by atoms with van der Waals surface area (Å²) in [7, 11) is -8.09. The fraction of sp³-hybridized carbons (Fsp3) is 0.455. The minimum Gasteiger partial charge on any atom is -0.346 e. The first kappa shape index (κ1) is 48.6. The van der Waals surface area contributed by atoms with Crippen molar-refractivity contribution in [2.75, 3.05) is 4.72 Å². The minimum atomic E-state index is -5.19. The molecule has 3 atom stereocenters. The van der Waals surface area contributed by atoms with Crippen LogP contribution in [0.1, 0.15) is 98.7 Å². The number of carbonyl (C=O) groups is 1. The molecule has 368 valence electrons. The second kappa shape index (κ2) is 16.1. The number of rotatable bonds is 13. The molecular weight excluding hydrogens is 996 g/mol. The molecular formula is C44H38ClF10N7O5S2. The highest BCUT2D eigenvalue weighted by Crippen LogP contribution is 2.68. The number of pyridine rings is 1. The summed E-state index contributed by atoms with van der Waals surface area (Å²) in [5, 5.41) is 8.67. The predicted molar refractivity (Wildman–Crippen MR) is 230 cm³/mol. The van der Waals surface area contributed by atoms with Gasteiger partial charge in [-0.1, -0.05) is 23.6 Å². The maximum absolute atomic E-state index is 15.6. The summed E-state index contributed by atoms with van der Waals surface area (Å²) in [6.45, 7) is 1.07. The maximum atomic E-state index is 15.6. The third kappa shape index (κ3) is 8.91. The lowest BCUT2D eigenvalue weighted by Gasteiger charge is -2.23. The fourth-order valence-electron chi connectivity index (χ4n) is 8.82. The zero-order valence-corrected chi connectivity index (χ0v) is 38.6. The van der Waals surface area contributed by atoms with E-state index in [4.69, 9.17) is 11.6 Å². The number of benzene rings is 2. The number of anilines is 1. The monoisotopic (exact) mass is 1030 g/mol. The predicted octanol–water partition coefficient (Wildman–Crippen LogP) is 9.12. The second-order valence-electron chi connectivity index (χ2n) is 18.6. The van der Waals surface area contributed by atoms with Crippen LogP contribution in [0.4, 0.5) is 49.7 Å². The van der Waals surface area contributed by atoms with Crippen LogP contribution in [0.3, 0.4) is 0 Å². The number of sulfonamides is 1. The van der Waals surface area contributed by atoms with Crippen molar-refractivity contribution >= 4 is 54.1 Å². The van der Waals surface area contributed by atoms with Gasteiger partial charge in [0, 0.05) is 28.7 Å². The molecule has 1 amide bonds. The SMILES string of the molecule is CC1(S(=O)(=O)Nc2nn(CC(F)(F)F)c3c(-c4ccc(C#CC(C)(C)S(=O)(=O)C5CC5)nc4[C@H](Cc4cc(F)cc(F)c4)NC(=O)Cn4nc(C(F)(F)F)c5c4C(F)(F)C4C[C@H]54)ccc(Cl)c23)CC1. The van der Waals surface area contributed by atoms with E-state index in [9.17, 15) is 56.8 Å². The summed E-state index contributed by atoms with van der Waals surface area (Å²) in [5.74, 6) is -5.10. The van der Waals surface area contributed by atoms with Gasteiger partial charge in [0.1, 0.15) is 40.9 Å². The lowest BCUT2D eigenvalue weighted by molar-refractivity contribution is -0.142. The number of nitrogens with one attached hydrogen (secondary N) is 2. The number of fused-ring (bicyclic) bond motifs is 4. The summed E-state index contributed by atoms with van der Waals surface area (Å²) in [6.07, 6.45) is -9.76. The van der Waals surface area contributed by atoms with E-state index in [1.165, 1.54) is 45.0 Å². The van der Waals surface area contributed by atoms with Crippen LogP contribution in [0.15, 0.2) is 42.5 Å². The highest BCUT2D eigenvalue weighted by Gasteiger charge is 2.68. The molecule has 69 heavy (non-hydrogen) atoms. The van der Waals surface area contributed by atoms with Crippen molar-refractivity contribution in [1.29, 1.82) is 0 Å². The zero-order chi connectivity index (χ0) is 50.2. The van der Waals surface area contributed by atoms with E-state index < -0.39 is 136 Å².